The topological polar surface area (TPSA) is 125 Å². The van der Waals surface area contributed by atoms with Crippen LogP contribution in [0.25, 0.3) is 0 Å². The Bertz CT molecular complexity index is 469. The molecule has 2 amide bonds. The second-order valence-electron chi connectivity index (χ2n) is 4.54. The van der Waals surface area contributed by atoms with Crippen molar-refractivity contribution in [2.75, 3.05) is 6.61 Å². The van der Waals surface area contributed by atoms with Crippen molar-refractivity contribution in [3.63, 3.8) is 0 Å². The monoisotopic (exact) mass is 272 g/mol. The molecule has 1 fully saturated rings. The van der Waals surface area contributed by atoms with Crippen molar-refractivity contribution in [2.45, 2.75) is 37.4 Å². The molecule has 4 atom stereocenters. The Morgan fingerprint density at radius 2 is 2.53 bits per heavy atom. The van der Waals surface area contributed by atoms with E-state index in [0.29, 0.717) is 0 Å². The molecule has 1 unspecified atom stereocenters. The standard InChI is InChI=1S/C11H17N3O5/c1-6(16)11(12)2-3-14(10(18)13-11)9-4-7(17)8(5-15)19-9/h2-3,7-9,15,17H,4-5,12H2,1H3,(H,13,18)/t7-,8+,9+,11?/m0/s1/i7D. The summed E-state index contributed by atoms with van der Waals surface area (Å²) in [6.07, 6.45) is -1.61. The molecule has 2 heterocycles. The zero-order valence-corrected chi connectivity index (χ0v) is 10.4. The van der Waals surface area contributed by atoms with Gasteiger partial charge in [0.1, 0.15) is 12.3 Å². The number of nitrogens with one attached hydrogen (secondary N) is 1. The van der Waals surface area contributed by atoms with E-state index in [9.17, 15) is 14.7 Å². The Labute approximate surface area is 111 Å². The van der Waals surface area contributed by atoms with Gasteiger partial charge in [0, 0.05) is 12.6 Å². The highest BCUT2D eigenvalue weighted by Gasteiger charge is 2.42. The van der Waals surface area contributed by atoms with Crippen molar-refractivity contribution in [3.05, 3.63) is 12.3 Å². The van der Waals surface area contributed by atoms with Gasteiger partial charge in [-0.3, -0.25) is 15.4 Å². The molecule has 0 saturated carbocycles. The number of Topliss-reactive ketones (excluding diaryl/α,β-unsaturated/α-hetero) is 1. The van der Waals surface area contributed by atoms with Gasteiger partial charge in [0.05, 0.1) is 14.1 Å². The van der Waals surface area contributed by atoms with E-state index in [4.69, 9.17) is 16.9 Å². The summed E-state index contributed by atoms with van der Waals surface area (Å²) in [6, 6.07) is -0.676. The van der Waals surface area contributed by atoms with Gasteiger partial charge in [-0.2, -0.15) is 0 Å². The van der Waals surface area contributed by atoms with Gasteiger partial charge in [0.25, 0.3) is 0 Å². The number of carbonyl (C=O) groups is 2. The first-order valence-corrected chi connectivity index (χ1v) is 5.78. The highest BCUT2D eigenvalue weighted by atomic mass is 16.5. The smallest absolute Gasteiger partial charge is 0.325 e. The van der Waals surface area contributed by atoms with E-state index in [2.05, 4.69) is 5.32 Å². The largest absolute Gasteiger partial charge is 0.394 e. The Morgan fingerprint density at radius 3 is 3.00 bits per heavy atom. The van der Waals surface area contributed by atoms with Crippen LogP contribution in [-0.4, -0.2) is 57.6 Å². The zero-order chi connectivity index (χ0) is 15.1. The lowest BCUT2D eigenvalue weighted by atomic mass is 10.1. The number of amides is 2. The number of urea groups is 1. The molecule has 0 radical (unpaired) electrons. The number of ether oxygens (including phenoxy) is 1. The quantitative estimate of drug-likeness (QED) is 0.482. The zero-order valence-electron chi connectivity index (χ0n) is 11.4. The second kappa shape index (κ2) is 4.89. The van der Waals surface area contributed by atoms with Gasteiger partial charge in [-0.25, -0.2) is 4.79 Å². The fraction of sp³-hybridized carbons (Fsp3) is 0.636. The minimum atomic E-state index is -1.98. The van der Waals surface area contributed by atoms with Crippen LogP contribution in [0.15, 0.2) is 12.3 Å². The molecule has 1 saturated heterocycles. The molecule has 8 heteroatoms. The summed E-state index contributed by atoms with van der Waals surface area (Å²) in [7, 11) is 0. The third-order valence-electron chi connectivity index (χ3n) is 3.18. The maximum atomic E-state index is 12.0. The van der Waals surface area contributed by atoms with Crippen LogP contribution in [0, 0.1) is 0 Å². The maximum Gasteiger partial charge on any atom is 0.325 e. The van der Waals surface area contributed by atoms with Crippen LogP contribution >= 0.6 is 0 Å². The fourth-order valence-electron chi connectivity index (χ4n) is 1.92. The molecule has 106 valence electrons. The summed E-state index contributed by atoms with van der Waals surface area (Å²) in [6.45, 7) is 0.709. The number of nitrogens with zero attached hydrogens (tertiary/aromatic N) is 1. The van der Waals surface area contributed by atoms with E-state index in [1.807, 2.05) is 0 Å². The van der Waals surface area contributed by atoms with Crippen molar-refractivity contribution in [2.24, 2.45) is 5.73 Å². The molecule has 19 heavy (non-hydrogen) atoms. The maximum absolute atomic E-state index is 12.0. The molecule has 8 nitrogen and oxygen atoms in total. The molecular formula is C11H17N3O5. The van der Waals surface area contributed by atoms with Crippen molar-refractivity contribution in [3.8, 4) is 0 Å². The third kappa shape index (κ3) is 2.47. The van der Waals surface area contributed by atoms with Crippen LogP contribution in [0.5, 0.6) is 0 Å². The summed E-state index contributed by atoms with van der Waals surface area (Å²) in [5.74, 6) is -0.431. The van der Waals surface area contributed by atoms with E-state index < -0.39 is 42.5 Å². The number of hydrogen-bond donors (Lipinski definition) is 4. The number of aliphatic hydroxyl groups is 2. The van der Waals surface area contributed by atoms with Gasteiger partial charge in [-0.05, 0) is 13.0 Å². The first kappa shape index (κ1) is 12.5. The van der Waals surface area contributed by atoms with E-state index in [-0.39, 0.29) is 6.42 Å². The molecule has 0 aromatic rings. The lowest BCUT2D eigenvalue weighted by Gasteiger charge is -2.35. The lowest BCUT2D eigenvalue weighted by molar-refractivity contribution is -0.121. The molecule has 0 aliphatic carbocycles. The predicted octanol–water partition coefficient (Wildman–Crippen LogP) is -1.76. The minimum absolute atomic E-state index is 0.187. The average molecular weight is 272 g/mol. The average Bonchev–Trinajstić information content (AvgIpc) is 2.63. The molecule has 0 aromatic carbocycles. The first-order chi connectivity index (χ1) is 9.19. The van der Waals surface area contributed by atoms with Crippen molar-refractivity contribution in [1.82, 2.24) is 10.2 Å². The Kier molecular flexibility index (Phi) is 3.23. The van der Waals surface area contributed by atoms with E-state index in [1.54, 1.807) is 0 Å². The normalized spacial score (nSPS) is 43.1. The molecule has 0 spiro atoms. The van der Waals surface area contributed by atoms with Gasteiger partial charge < -0.3 is 20.3 Å². The Hall–Kier alpha value is -1.48. The molecule has 2 aliphatic rings. The van der Waals surface area contributed by atoms with Crippen LogP contribution < -0.4 is 11.1 Å². The van der Waals surface area contributed by atoms with Crippen LogP contribution in [0.1, 0.15) is 14.7 Å². The van der Waals surface area contributed by atoms with Gasteiger partial charge in [-0.15, -0.1) is 0 Å². The molecule has 0 aromatic heterocycles. The number of nitrogens with two attached hydrogens (primary N) is 1. The SMILES string of the molecule is [2H][C@]1(O)C[C@H](N2C=CC(N)(C(C)=O)NC2=O)O[C@@H]1CO. The fourth-order valence-corrected chi connectivity index (χ4v) is 1.92. The lowest BCUT2D eigenvalue weighted by Crippen LogP contribution is -2.65. The minimum Gasteiger partial charge on any atom is -0.394 e. The number of rotatable bonds is 3. The summed E-state index contributed by atoms with van der Waals surface area (Å²) < 4.78 is 12.9. The van der Waals surface area contributed by atoms with Crippen LogP contribution in [0.4, 0.5) is 4.79 Å². The van der Waals surface area contributed by atoms with Crippen LogP contribution in [0.2, 0.25) is 0 Å². The van der Waals surface area contributed by atoms with Crippen molar-refractivity contribution in [1.29, 1.82) is 0 Å². The van der Waals surface area contributed by atoms with Crippen molar-refractivity contribution < 1.29 is 25.9 Å². The Balaban J connectivity index is 2.16. The third-order valence-corrected chi connectivity index (χ3v) is 3.18. The predicted molar refractivity (Wildman–Crippen MR) is 63.5 cm³/mol. The molecular weight excluding hydrogens is 254 g/mol. The van der Waals surface area contributed by atoms with Gasteiger partial charge >= 0.3 is 6.03 Å². The summed E-state index contributed by atoms with van der Waals surface area (Å²) >= 11 is 0. The first-order valence-electron chi connectivity index (χ1n) is 6.28. The highest BCUT2D eigenvalue weighted by Crippen LogP contribution is 2.25. The van der Waals surface area contributed by atoms with Crippen molar-refractivity contribution >= 4 is 11.8 Å². The van der Waals surface area contributed by atoms with E-state index in [0.717, 1.165) is 4.90 Å². The molecule has 2 aliphatic heterocycles. The summed E-state index contributed by atoms with van der Waals surface area (Å²) in [4.78, 5) is 24.4. The summed E-state index contributed by atoms with van der Waals surface area (Å²) in [5.41, 5.74) is 4.13. The number of carbonyl (C=O) groups excluding carboxylic acids is 2. The Morgan fingerprint density at radius 1 is 1.84 bits per heavy atom. The number of ketones is 1. The van der Waals surface area contributed by atoms with Gasteiger partial charge in [0.2, 0.25) is 0 Å². The van der Waals surface area contributed by atoms with Gasteiger partial charge in [-0.1, -0.05) is 0 Å². The number of aliphatic hydroxyl groups excluding tert-OH is 1. The number of hydrogen-bond acceptors (Lipinski definition) is 6. The van der Waals surface area contributed by atoms with Gasteiger partial charge in [0.15, 0.2) is 11.4 Å². The highest BCUT2D eigenvalue weighted by molar-refractivity contribution is 5.93. The molecule has 0 bridgehead atoms. The summed E-state index contributed by atoms with van der Waals surface area (Å²) in [5, 5.41) is 21.1. The van der Waals surface area contributed by atoms with Crippen LogP contribution in [-0.2, 0) is 9.53 Å². The van der Waals surface area contributed by atoms with E-state index >= 15 is 0 Å². The van der Waals surface area contributed by atoms with E-state index in [1.165, 1.54) is 19.2 Å². The molecule has 5 N–H and O–H groups in total. The molecule has 2 rings (SSSR count). The second-order valence-corrected chi connectivity index (χ2v) is 4.54. The van der Waals surface area contributed by atoms with Crippen LogP contribution in [0.3, 0.4) is 0 Å².